The van der Waals surface area contributed by atoms with E-state index in [2.05, 4.69) is 37.9 Å². The molecule has 0 aromatic carbocycles. The topological polar surface area (TPSA) is 24.5 Å². The van der Waals surface area contributed by atoms with Gasteiger partial charge in [0.25, 0.3) is 0 Å². The van der Waals surface area contributed by atoms with Crippen LogP contribution in [0.5, 0.6) is 0 Å². The van der Waals surface area contributed by atoms with Gasteiger partial charge in [-0.15, -0.1) is 0 Å². The largest absolute Gasteiger partial charge is 0.378 e. The minimum Gasteiger partial charge on any atom is -0.378 e. The molecule has 3 nitrogen and oxygen atoms in total. The second-order valence-corrected chi connectivity index (χ2v) is 8.26. The van der Waals surface area contributed by atoms with Crippen LogP contribution in [0.1, 0.15) is 66.2 Å². The van der Waals surface area contributed by atoms with Crippen LogP contribution in [0.3, 0.4) is 0 Å². The van der Waals surface area contributed by atoms with Crippen LogP contribution in [0.15, 0.2) is 0 Å². The van der Waals surface area contributed by atoms with Crippen molar-refractivity contribution in [2.45, 2.75) is 89.9 Å². The molecule has 3 rings (SSSR count). The summed E-state index contributed by atoms with van der Waals surface area (Å²) in [6, 6.07) is 1.36. The number of hydrogen-bond acceptors (Lipinski definition) is 3. The molecule has 3 atom stereocenters. The van der Waals surface area contributed by atoms with Gasteiger partial charge in [-0.2, -0.15) is 0 Å². The first-order valence-corrected chi connectivity index (χ1v) is 9.11. The maximum Gasteiger partial charge on any atom is 0.0655 e. The van der Waals surface area contributed by atoms with Crippen molar-refractivity contribution < 1.29 is 4.74 Å². The van der Waals surface area contributed by atoms with Crippen LogP contribution in [0.25, 0.3) is 0 Å². The van der Waals surface area contributed by atoms with Crippen LogP contribution >= 0.6 is 0 Å². The summed E-state index contributed by atoms with van der Waals surface area (Å²) in [6.07, 6.45) is 8.67. The molecule has 0 bridgehead atoms. The van der Waals surface area contributed by atoms with Crippen molar-refractivity contribution in [1.82, 2.24) is 10.2 Å². The quantitative estimate of drug-likeness (QED) is 0.865. The molecule has 2 saturated carbocycles. The van der Waals surface area contributed by atoms with Crippen molar-refractivity contribution in [1.29, 1.82) is 0 Å². The predicted molar refractivity (Wildman–Crippen MR) is 87.6 cm³/mol. The van der Waals surface area contributed by atoms with E-state index in [1.54, 1.807) is 0 Å². The first-order chi connectivity index (χ1) is 9.98. The minimum atomic E-state index is 0.303. The molecule has 1 heterocycles. The van der Waals surface area contributed by atoms with Crippen molar-refractivity contribution in [3.63, 3.8) is 0 Å². The lowest BCUT2D eigenvalue weighted by Crippen LogP contribution is -2.72. The first-order valence-electron chi connectivity index (χ1n) is 9.11. The van der Waals surface area contributed by atoms with Gasteiger partial charge >= 0.3 is 0 Å². The van der Waals surface area contributed by atoms with Crippen LogP contribution < -0.4 is 5.32 Å². The highest BCUT2D eigenvalue weighted by Crippen LogP contribution is 2.48. The molecule has 3 unspecified atom stereocenters. The van der Waals surface area contributed by atoms with Crippen molar-refractivity contribution in [3.05, 3.63) is 0 Å². The summed E-state index contributed by atoms with van der Waals surface area (Å²) in [7, 11) is 0. The highest BCUT2D eigenvalue weighted by Gasteiger charge is 2.54. The van der Waals surface area contributed by atoms with Gasteiger partial charge in [-0.1, -0.05) is 33.1 Å². The standard InChI is InChI=1S/C18H34N2O/c1-5-21-16-11-15(17(16,3)4)20-13-18(19-12-14(20)2)9-7-6-8-10-18/h14-16,19H,5-13H2,1-4H3. The zero-order chi connectivity index (χ0) is 15.1. The molecule has 122 valence electrons. The third-order valence-corrected chi connectivity index (χ3v) is 6.53. The molecule has 1 spiro atoms. The lowest BCUT2D eigenvalue weighted by Gasteiger charge is -2.61. The molecule has 1 N–H and O–H groups in total. The molecule has 1 saturated heterocycles. The number of piperazine rings is 1. The van der Waals surface area contributed by atoms with Crippen molar-refractivity contribution >= 4 is 0 Å². The van der Waals surface area contributed by atoms with E-state index in [1.807, 2.05) is 0 Å². The van der Waals surface area contributed by atoms with E-state index in [0.29, 0.717) is 29.1 Å². The van der Waals surface area contributed by atoms with E-state index in [1.165, 1.54) is 45.1 Å². The van der Waals surface area contributed by atoms with Crippen molar-refractivity contribution in [2.75, 3.05) is 19.7 Å². The molecule has 2 aliphatic carbocycles. The Morgan fingerprint density at radius 1 is 1.19 bits per heavy atom. The fraction of sp³-hybridized carbons (Fsp3) is 1.00. The fourth-order valence-corrected chi connectivity index (χ4v) is 4.93. The molecule has 21 heavy (non-hydrogen) atoms. The maximum absolute atomic E-state index is 5.94. The van der Waals surface area contributed by atoms with E-state index in [0.717, 1.165) is 13.2 Å². The van der Waals surface area contributed by atoms with Crippen LogP contribution in [0.2, 0.25) is 0 Å². The van der Waals surface area contributed by atoms with E-state index in [4.69, 9.17) is 4.74 Å². The molecule has 1 aliphatic heterocycles. The van der Waals surface area contributed by atoms with E-state index >= 15 is 0 Å². The molecule has 0 radical (unpaired) electrons. The molecule has 3 fully saturated rings. The monoisotopic (exact) mass is 294 g/mol. The lowest BCUT2D eigenvalue weighted by molar-refractivity contribution is -0.167. The lowest BCUT2D eigenvalue weighted by atomic mass is 9.62. The molecular formula is C18H34N2O. The summed E-state index contributed by atoms with van der Waals surface area (Å²) in [5, 5.41) is 3.91. The van der Waals surface area contributed by atoms with Crippen LogP contribution in [0, 0.1) is 5.41 Å². The third kappa shape index (κ3) is 2.77. The van der Waals surface area contributed by atoms with Gasteiger partial charge in [-0.05, 0) is 33.1 Å². The zero-order valence-corrected chi connectivity index (χ0v) is 14.5. The van der Waals surface area contributed by atoms with Gasteiger partial charge in [0.05, 0.1) is 6.10 Å². The molecule has 0 aromatic rings. The predicted octanol–water partition coefficient (Wildman–Crippen LogP) is 3.19. The summed E-state index contributed by atoms with van der Waals surface area (Å²) >= 11 is 0. The average Bonchev–Trinajstić information content (AvgIpc) is 2.47. The first kappa shape index (κ1) is 15.8. The number of nitrogens with one attached hydrogen (secondary N) is 1. The number of rotatable bonds is 3. The summed E-state index contributed by atoms with van der Waals surface area (Å²) in [5.41, 5.74) is 0.717. The van der Waals surface area contributed by atoms with Crippen LogP contribution in [0.4, 0.5) is 0 Å². The minimum absolute atomic E-state index is 0.303. The summed E-state index contributed by atoms with van der Waals surface area (Å²) in [4.78, 5) is 2.82. The Hall–Kier alpha value is -0.120. The van der Waals surface area contributed by atoms with E-state index in [-0.39, 0.29) is 0 Å². The molecule has 0 aromatic heterocycles. The maximum atomic E-state index is 5.94. The average molecular weight is 294 g/mol. The number of ether oxygens (including phenoxy) is 1. The normalized spacial score (nSPS) is 39.1. The number of hydrogen-bond donors (Lipinski definition) is 1. The Morgan fingerprint density at radius 2 is 1.90 bits per heavy atom. The summed E-state index contributed by atoms with van der Waals surface area (Å²) < 4.78 is 5.94. The van der Waals surface area contributed by atoms with Crippen molar-refractivity contribution in [3.8, 4) is 0 Å². The second-order valence-electron chi connectivity index (χ2n) is 8.26. The van der Waals surface area contributed by atoms with E-state index in [9.17, 15) is 0 Å². The highest BCUT2D eigenvalue weighted by molar-refractivity contribution is 5.09. The Labute approximate surface area is 130 Å². The van der Waals surface area contributed by atoms with Gasteiger partial charge in [-0.25, -0.2) is 0 Å². The fourth-order valence-electron chi connectivity index (χ4n) is 4.93. The Balaban J connectivity index is 1.69. The van der Waals surface area contributed by atoms with Gasteiger partial charge in [0, 0.05) is 42.7 Å². The summed E-state index contributed by atoms with van der Waals surface area (Å²) in [6.45, 7) is 12.6. The van der Waals surface area contributed by atoms with Gasteiger partial charge in [0.1, 0.15) is 0 Å². The van der Waals surface area contributed by atoms with Crippen molar-refractivity contribution in [2.24, 2.45) is 5.41 Å². The molecular weight excluding hydrogens is 260 g/mol. The van der Waals surface area contributed by atoms with Crippen LogP contribution in [-0.4, -0.2) is 48.3 Å². The smallest absolute Gasteiger partial charge is 0.0655 e. The van der Waals surface area contributed by atoms with Gasteiger partial charge in [-0.3, -0.25) is 4.90 Å². The zero-order valence-electron chi connectivity index (χ0n) is 14.5. The van der Waals surface area contributed by atoms with Gasteiger partial charge < -0.3 is 10.1 Å². The molecule has 3 aliphatic rings. The molecule has 0 amide bonds. The highest BCUT2D eigenvalue weighted by atomic mass is 16.5. The second kappa shape index (κ2) is 5.82. The Morgan fingerprint density at radius 3 is 2.52 bits per heavy atom. The van der Waals surface area contributed by atoms with Gasteiger partial charge in [0.2, 0.25) is 0 Å². The third-order valence-electron chi connectivity index (χ3n) is 6.53. The SMILES string of the molecule is CCOC1CC(N2CC3(CCCCC3)NCC2C)C1(C)C. The molecule has 3 heteroatoms. The number of nitrogens with zero attached hydrogens (tertiary/aromatic N) is 1. The van der Waals surface area contributed by atoms with Gasteiger partial charge in [0.15, 0.2) is 0 Å². The van der Waals surface area contributed by atoms with E-state index < -0.39 is 0 Å². The van der Waals surface area contributed by atoms with Crippen LogP contribution in [-0.2, 0) is 4.74 Å². The summed E-state index contributed by atoms with van der Waals surface area (Å²) in [5.74, 6) is 0. The Bertz CT molecular complexity index is 362. The Kier molecular flexibility index (Phi) is 4.37.